The molecule has 2 aliphatic rings. The van der Waals surface area contributed by atoms with Gasteiger partial charge in [0, 0.05) is 17.8 Å². The van der Waals surface area contributed by atoms with E-state index in [0.29, 0.717) is 12.2 Å². The summed E-state index contributed by atoms with van der Waals surface area (Å²) < 4.78 is 77.5. The van der Waals surface area contributed by atoms with Crippen molar-refractivity contribution >= 4 is 5.91 Å². The van der Waals surface area contributed by atoms with Crippen molar-refractivity contribution in [1.29, 1.82) is 0 Å². The highest BCUT2D eigenvalue weighted by atomic mass is 19.4. The van der Waals surface area contributed by atoms with Crippen LogP contribution in [-0.4, -0.2) is 42.2 Å². The Morgan fingerprint density at radius 3 is 2.62 bits per heavy atom. The van der Waals surface area contributed by atoms with E-state index in [2.05, 4.69) is 4.98 Å². The molecule has 198 valence electrons. The Hall–Kier alpha value is -3.44. The molecule has 0 radical (unpaired) electrons. The van der Waals surface area contributed by atoms with Crippen LogP contribution in [0.5, 0.6) is 11.6 Å². The summed E-state index contributed by atoms with van der Waals surface area (Å²) in [6.07, 6.45) is -1.02. The fraction of sp³-hybridized carbons (Fsp3) is 0.385. The lowest BCUT2D eigenvalue weighted by atomic mass is 9.76. The van der Waals surface area contributed by atoms with Crippen molar-refractivity contribution in [3.63, 3.8) is 0 Å². The molecule has 3 unspecified atom stereocenters. The number of aromatic nitrogens is 1. The summed E-state index contributed by atoms with van der Waals surface area (Å²) in [5.41, 5.74) is 3.38. The molecule has 1 aliphatic carbocycles. The number of rotatable bonds is 7. The number of carbonyl (C=O) groups excluding carboxylic acids is 1. The predicted octanol–water partition coefficient (Wildman–Crippen LogP) is 4.49. The van der Waals surface area contributed by atoms with E-state index in [1.807, 2.05) is 0 Å². The van der Waals surface area contributed by atoms with Gasteiger partial charge >= 0.3 is 6.18 Å². The molecule has 1 amide bonds. The summed E-state index contributed by atoms with van der Waals surface area (Å²) in [5, 5.41) is 0. The number of halogens is 4. The number of benzene rings is 1. The molecule has 4 rings (SSSR count). The van der Waals surface area contributed by atoms with E-state index in [9.17, 15) is 22.4 Å². The maximum absolute atomic E-state index is 13.7. The van der Waals surface area contributed by atoms with Gasteiger partial charge in [-0.2, -0.15) is 13.2 Å². The second-order valence-corrected chi connectivity index (χ2v) is 9.28. The Kier molecular flexibility index (Phi) is 7.04. The van der Waals surface area contributed by atoms with Crippen molar-refractivity contribution in [3.8, 4) is 11.6 Å². The lowest BCUT2D eigenvalue weighted by molar-refractivity contribution is -0.141. The lowest BCUT2D eigenvalue weighted by Crippen LogP contribution is -2.47. The molecule has 2 heterocycles. The van der Waals surface area contributed by atoms with Gasteiger partial charge in [0.15, 0.2) is 11.4 Å². The Bertz CT molecular complexity index is 1240. The maximum atomic E-state index is 13.7. The van der Waals surface area contributed by atoms with E-state index in [1.54, 1.807) is 20.8 Å². The van der Waals surface area contributed by atoms with Gasteiger partial charge in [-0.15, -0.1) is 0 Å². The number of aryl methyl sites for hydroxylation is 1. The zero-order valence-electron chi connectivity index (χ0n) is 20.3. The average Bonchev–Trinajstić information content (AvgIpc) is 3.17. The Labute approximate surface area is 210 Å². The standard InChI is InChI=1S/C26H26F4N2O5/c1-15-10-18(27)4-5-21(15)37-25(8-6-17(26(28,29)30)11-20(25)23(31)33)16-7-9-32-22(12-16)34-13-19-14-35-24(2,3)36-19/h4-12,19-20H,13-14H2,1-3H3,(H2,31,33). The largest absolute Gasteiger partial charge is 0.477 e. The molecule has 1 saturated heterocycles. The molecule has 7 nitrogen and oxygen atoms in total. The summed E-state index contributed by atoms with van der Waals surface area (Å²) in [6.45, 7) is 5.51. The SMILES string of the molecule is Cc1cc(F)ccc1OC1(c2ccnc(OCC3COC(C)(C)O3)c2)C=CC(C(F)(F)F)=CC1C(N)=O. The first-order valence-corrected chi connectivity index (χ1v) is 11.4. The monoisotopic (exact) mass is 522 g/mol. The van der Waals surface area contributed by atoms with Gasteiger partial charge in [-0.05, 0) is 62.8 Å². The molecular formula is C26H26F4N2O5. The van der Waals surface area contributed by atoms with E-state index in [4.69, 9.17) is 24.7 Å². The van der Waals surface area contributed by atoms with Gasteiger partial charge in [-0.25, -0.2) is 9.37 Å². The number of nitrogens with zero attached hydrogens (tertiary/aromatic N) is 1. The summed E-state index contributed by atoms with van der Waals surface area (Å²) >= 11 is 0. The number of nitrogens with two attached hydrogens (primary N) is 1. The summed E-state index contributed by atoms with van der Waals surface area (Å²) in [7, 11) is 0. The average molecular weight is 522 g/mol. The number of allylic oxidation sites excluding steroid dienone is 2. The normalized spacial score (nSPS) is 25.0. The zero-order valence-corrected chi connectivity index (χ0v) is 20.3. The van der Waals surface area contributed by atoms with Crippen LogP contribution in [-0.2, 0) is 19.9 Å². The number of primary amides is 1. The number of pyridine rings is 1. The van der Waals surface area contributed by atoms with Crippen LogP contribution in [0.25, 0.3) is 0 Å². The third-order valence-corrected chi connectivity index (χ3v) is 6.04. The number of hydrogen-bond donors (Lipinski definition) is 1. The van der Waals surface area contributed by atoms with Crippen molar-refractivity contribution in [2.24, 2.45) is 11.7 Å². The van der Waals surface area contributed by atoms with Crippen LogP contribution in [0.2, 0.25) is 0 Å². The Morgan fingerprint density at radius 1 is 1.24 bits per heavy atom. The topological polar surface area (TPSA) is 92.9 Å². The molecule has 3 atom stereocenters. The molecule has 1 fully saturated rings. The fourth-order valence-electron chi connectivity index (χ4n) is 4.26. The van der Waals surface area contributed by atoms with Gasteiger partial charge in [0.1, 0.15) is 30.2 Å². The van der Waals surface area contributed by atoms with Crippen molar-refractivity contribution in [2.45, 2.75) is 44.4 Å². The van der Waals surface area contributed by atoms with E-state index in [-0.39, 0.29) is 29.9 Å². The second kappa shape index (κ2) is 9.79. The highest BCUT2D eigenvalue weighted by molar-refractivity contribution is 5.82. The van der Waals surface area contributed by atoms with E-state index in [1.165, 1.54) is 30.5 Å². The van der Waals surface area contributed by atoms with Gasteiger partial charge in [0.25, 0.3) is 0 Å². The van der Waals surface area contributed by atoms with Crippen molar-refractivity contribution in [3.05, 3.63) is 77.3 Å². The number of hydrogen-bond acceptors (Lipinski definition) is 6. The summed E-state index contributed by atoms with van der Waals surface area (Å²) in [4.78, 5) is 16.7. The smallest absolute Gasteiger partial charge is 0.416 e. The number of ether oxygens (including phenoxy) is 4. The minimum absolute atomic E-state index is 0.0953. The fourth-order valence-corrected chi connectivity index (χ4v) is 4.26. The summed E-state index contributed by atoms with van der Waals surface area (Å²) in [5.74, 6) is -3.63. The third kappa shape index (κ3) is 5.78. The van der Waals surface area contributed by atoms with Crippen molar-refractivity contribution in [1.82, 2.24) is 4.98 Å². The van der Waals surface area contributed by atoms with Gasteiger partial charge in [-0.1, -0.05) is 6.08 Å². The van der Waals surface area contributed by atoms with E-state index < -0.39 is 40.8 Å². The number of amides is 1. The molecule has 0 bridgehead atoms. The summed E-state index contributed by atoms with van der Waals surface area (Å²) in [6, 6.07) is 6.62. The molecule has 11 heteroatoms. The Balaban J connectivity index is 1.74. The van der Waals surface area contributed by atoms with Crippen molar-refractivity contribution in [2.75, 3.05) is 13.2 Å². The first kappa shape index (κ1) is 26.6. The quantitative estimate of drug-likeness (QED) is 0.539. The van der Waals surface area contributed by atoms with Crippen LogP contribution in [0.1, 0.15) is 25.0 Å². The van der Waals surface area contributed by atoms with Crippen LogP contribution < -0.4 is 15.2 Å². The van der Waals surface area contributed by atoms with E-state index in [0.717, 1.165) is 24.3 Å². The predicted molar refractivity (Wildman–Crippen MR) is 124 cm³/mol. The molecule has 1 aromatic carbocycles. The molecule has 0 spiro atoms. The minimum atomic E-state index is -4.72. The van der Waals surface area contributed by atoms with Crippen LogP contribution in [0.15, 0.2) is 60.3 Å². The van der Waals surface area contributed by atoms with Crippen LogP contribution in [0.3, 0.4) is 0 Å². The molecule has 1 aromatic heterocycles. The van der Waals surface area contributed by atoms with Crippen LogP contribution in [0.4, 0.5) is 17.6 Å². The Morgan fingerprint density at radius 2 is 2.00 bits per heavy atom. The van der Waals surface area contributed by atoms with Gasteiger partial charge < -0.3 is 24.7 Å². The molecule has 37 heavy (non-hydrogen) atoms. The molecular weight excluding hydrogens is 496 g/mol. The highest BCUT2D eigenvalue weighted by Crippen LogP contribution is 2.44. The molecule has 2 N–H and O–H groups in total. The first-order valence-electron chi connectivity index (χ1n) is 11.4. The lowest BCUT2D eigenvalue weighted by Gasteiger charge is -2.39. The number of carbonyl (C=O) groups is 1. The molecule has 2 aromatic rings. The molecule has 0 saturated carbocycles. The highest BCUT2D eigenvalue weighted by Gasteiger charge is 2.48. The second-order valence-electron chi connectivity index (χ2n) is 9.28. The maximum Gasteiger partial charge on any atom is 0.416 e. The first-order chi connectivity index (χ1) is 17.3. The third-order valence-electron chi connectivity index (χ3n) is 6.04. The van der Waals surface area contributed by atoms with Gasteiger partial charge in [0.05, 0.1) is 12.2 Å². The van der Waals surface area contributed by atoms with Crippen LogP contribution in [0, 0.1) is 18.7 Å². The zero-order chi connectivity index (χ0) is 27.0. The minimum Gasteiger partial charge on any atom is -0.477 e. The van der Waals surface area contributed by atoms with Gasteiger partial charge in [-0.3, -0.25) is 4.79 Å². The van der Waals surface area contributed by atoms with Crippen molar-refractivity contribution < 1.29 is 41.3 Å². The van der Waals surface area contributed by atoms with E-state index >= 15 is 0 Å². The molecule has 1 aliphatic heterocycles. The van der Waals surface area contributed by atoms with Crippen LogP contribution >= 0.6 is 0 Å². The number of alkyl halides is 3. The van der Waals surface area contributed by atoms with Gasteiger partial charge in [0.2, 0.25) is 11.8 Å².